The normalized spacial score (nSPS) is 23.3. The molecule has 1 aromatic rings. The molecule has 2 atom stereocenters. The van der Waals surface area contributed by atoms with E-state index in [9.17, 15) is 9.90 Å². The molecular weight excluding hydrogens is 244 g/mol. The highest BCUT2D eigenvalue weighted by Crippen LogP contribution is 2.21. The molecule has 19 heavy (non-hydrogen) atoms. The number of hydrogen-bond acceptors (Lipinski definition) is 5. The number of amides is 1. The standard InChI is InChI=1S/C13H20N4O2/c1-9-8-17(7-6-11(9)18)12-5-4-10(14-15-12)13(19)16(2)3/h4-5,9,11,18H,6-8H2,1-3H3. The van der Waals surface area contributed by atoms with Gasteiger partial charge < -0.3 is 14.9 Å². The Bertz CT molecular complexity index is 446. The van der Waals surface area contributed by atoms with Gasteiger partial charge in [0.1, 0.15) is 0 Å². The Balaban J connectivity index is 2.08. The molecule has 2 heterocycles. The van der Waals surface area contributed by atoms with Gasteiger partial charge in [-0.2, -0.15) is 0 Å². The van der Waals surface area contributed by atoms with Crippen LogP contribution in [0.5, 0.6) is 0 Å². The van der Waals surface area contributed by atoms with Gasteiger partial charge in [-0.25, -0.2) is 0 Å². The topological polar surface area (TPSA) is 69.6 Å². The average molecular weight is 264 g/mol. The molecule has 2 rings (SSSR count). The lowest BCUT2D eigenvalue weighted by molar-refractivity contribution is 0.0821. The van der Waals surface area contributed by atoms with E-state index in [0.29, 0.717) is 5.69 Å². The minimum atomic E-state index is -0.237. The summed E-state index contributed by atoms with van der Waals surface area (Å²) in [5, 5.41) is 17.8. The highest BCUT2D eigenvalue weighted by atomic mass is 16.3. The van der Waals surface area contributed by atoms with E-state index in [1.165, 1.54) is 4.90 Å². The summed E-state index contributed by atoms with van der Waals surface area (Å²) in [5.41, 5.74) is 0.346. The van der Waals surface area contributed by atoms with E-state index in [1.807, 2.05) is 13.0 Å². The van der Waals surface area contributed by atoms with Crippen LogP contribution in [0.15, 0.2) is 12.1 Å². The lowest BCUT2D eigenvalue weighted by Crippen LogP contribution is -2.42. The Labute approximate surface area is 113 Å². The minimum Gasteiger partial charge on any atom is -0.393 e. The molecule has 104 valence electrons. The molecule has 1 aliphatic rings. The number of anilines is 1. The fraction of sp³-hybridized carbons (Fsp3) is 0.615. The summed E-state index contributed by atoms with van der Waals surface area (Å²) in [6.45, 7) is 3.55. The molecule has 1 N–H and O–H groups in total. The molecule has 0 radical (unpaired) electrons. The van der Waals surface area contributed by atoms with Crippen molar-refractivity contribution in [1.82, 2.24) is 15.1 Å². The number of aromatic nitrogens is 2. The summed E-state index contributed by atoms with van der Waals surface area (Å²) in [6, 6.07) is 3.51. The zero-order valence-electron chi connectivity index (χ0n) is 11.6. The summed E-state index contributed by atoms with van der Waals surface area (Å²) < 4.78 is 0. The number of aliphatic hydroxyl groups is 1. The summed E-state index contributed by atoms with van der Waals surface area (Å²) in [7, 11) is 3.37. The summed E-state index contributed by atoms with van der Waals surface area (Å²) in [4.78, 5) is 15.3. The van der Waals surface area contributed by atoms with Gasteiger partial charge in [0.15, 0.2) is 11.5 Å². The molecule has 0 aromatic carbocycles. The van der Waals surface area contributed by atoms with Crippen molar-refractivity contribution in [3.8, 4) is 0 Å². The molecule has 1 aromatic heterocycles. The third-order valence-electron chi connectivity index (χ3n) is 3.46. The SMILES string of the molecule is CC1CN(c2ccc(C(=O)N(C)C)nn2)CCC1O. The smallest absolute Gasteiger partial charge is 0.273 e. The van der Waals surface area contributed by atoms with Crippen molar-refractivity contribution < 1.29 is 9.90 Å². The molecule has 1 aliphatic heterocycles. The van der Waals surface area contributed by atoms with Gasteiger partial charge in [-0.15, -0.1) is 10.2 Å². The number of carbonyl (C=O) groups excluding carboxylic acids is 1. The zero-order chi connectivity index (χ0) is 14.0. The van der Waals surface area contributed by atoms with Crippen molar-refractivity contribution in [2.24, 2.45) is 5.92 Å². The Hall–Kier alpha value is -1.69. The van der Waals surface area contributed by atoms with E-state index in [-0.39, 0.29) is 17.9 Å². The fourth-order valence-corrected chi connectivity index (χ4v) is 2.18. The maximum Gasteiger partial charge on any atom is 0.273 e. The number of piperidine rings is 1. The third-order valence-corrected chi connectivity index (χ3v) is 3.46. The predicted octanol–water partition coefficient (Wildman–Crippen LogP) is 0.385. The van der Waals surface area contributed by atoms with Gasteiger partial charge in [0.05, 0.1) is 6.10 Å². The minimum absolute atomic E-state index is 0.151. The van der Waals surface area contributed by atoms with Crippen LogP contribution in [0.3, 0.4) is 0 Å². The molecule has 1 amide bonds. The number of rotatable bonds is 2. The van der Waals surface area contributed by atoms with Crippen LogP contribution in [0.2, 0.25) is 0 Å². The van der Waals surface area contributed by atoms with Crippen LogP contribution in [0.4, 0.5) is 5.82 Å². The van der Waals surface area contributed by atoms with Crippen molar-refractivity contribution in [2.45, 2.75) is 19.4 Å². The van der Waals surface area contributed by atoms with Crippen molar-refractivity contribution in [3.63, 3.8) is 0 Å². The van der Waals surface area contributed by atoms with Gasteiger partial charge >= 0.3 is 0 Å². The number of carbonyl (C=O) groups is 1. The Morgan fingerprint density at radius 2 is 2.16 bits per heavy atom. The maximum atomic E-state index is 11.7. The van der Waals surface area contributed by atoms with Gasteiger partial charge in [-0.3, -0.25) is 4.79 Å². The first-order chi connectivity index (χ1) is 8.99. The first-order valence-corrected chi connectivity index (χ1v) is 6.47. The van der Waals surface area contributed by atoms with Gasteiger partial charge in [0, 0.05) is 27.2 Å². The lowest BCUT2D eigenvalue weighted by Gasteiger charge is -2.34. The fourth-order valence-electron chi connectivity index (χ4n) is 2.18. The van der Waals surface area contributed by atoms with Crippen LogP contribution in [0, 0.1) is 5.92 Å². The van der Waals surface area contributed by atoms with Crippen LogP contribution >= 0.6 is 0 Å². The second-order valence-electron chi connectivity index (χ2n) is 5.26. The van der Waals surface area contributed by atoms with Crippen LogP contribution in [0.1, 0.15) is 23.8 Å². The van der Waals surface area contributed by atoms with E-state index in [1.54, 1.807) is 20.2 Å². The second-order valence-corrected chi connectivity index (χ2v) is 5.26. The molecule has 2 unspecified atom stereocenters. The Morgan fingerprint density at radius 3 is 2.68 bits per heavy atom. The second kappa shape index (κ2) is 5.52. The monoisotopic (exact) mass is 264 g/mol. The van der Waals surface area contributed by atoms with Crippen molar-refractivity contribution in [2.75, 3.05) is 32.1 Å². The van der Waals surface area contributed by atoms with Gasteiger partial charge in [0.25, 0.3) is 5.91 Å². The lowest BCUT2D eigenvalue weighted by atomic mass is 9.97. The van der Waals surface area contributed by atoms with Gasteiger partial charge in [0.2, 0.25) is 0 Å². The molecule has 1 saturated heterocycles. The van der Waals surface area contributed by atoms with Crippen molar-refractivity contribution in [1.29, 1.82) is 0 Å². The zero-order valence-corrected chi connectivity index (χ0v) is 11.6. The molecular formula is C13H20N4O2. The average Bonchev–Trinajstić information content (AvgIpc) is 2.41. The molecule has 0 spiro atoms. The highest BCUT2D eigenvalue weighted by molar-refractivity contribution is 5.91. The number of aliphatic hydroxyl groups excluding tert-OH is 1. The molecule has 1 fully saturated rings. The Kier molecular flexibility index (Phi) is 3.99. The molecule has 0 saturated carbocycles. The molecule has 6 nitrogen and oxygen atoms in total. The van der Waals surface area contributed by atoms with Crippen LogP contribution in [-0.4, -0.2) is 59.4 Å². The summed E-state index contributed by atoms with van der Waals surface area (Å²) >= 11 is 0. The van der Waals surface area contributed by atoms with Gasteiger partial charge in [-0.05, 0) is 24.5 Å². The van der Waals surface area contributed by atoms with E-state index in [0.717, 1.165) is 25.3 Å². The van der Waals surface area contributed by atoms with Gasteiger partial charge in [-0.1, -0.05) is 6.92 Å². The summed E-state index contributed by atoms with van der Waals surface area (Å²) in [5.74, 6) is 0.828. The quantitative estimate of drug-likeness (QED) is 0.836. The van der Waals surface area contributed by atoms with Crippen molar-refractivity contribution in [3.05, 3.63) is 17.8 Å². The highest BCUT2D eigenvalue weighted by Gasteiger charge is 2.25. The number of hydrogen-bond donors (Lipinski definition) is 1. The largest absolute Gasteiger partial charge is 0.393 e. The first kappa shape index (κ1) is 13.7. The van der Waals surface area contributed by atoms with Crippen LogP contribution in [0.25, 0.3) is 0 Å². The molecule has 0 bridgehead atoms. The summed E-state index contributed by atoms with van der Waals surface area (Å²) in [6.07, 6.45) is 0.500. The van der Waals surface area contributed by atoms with Crippen LogP contribution < -0.4 is 4.90 Å². The van der Waals surface area contributed by atoms with E-state index < -0.39 is 0 Å². The Morgan fingerprint density at radius 1 is 1.42 bits per heavy atom. The maximum absolute atomic E-state index is 11.7. The van der Waals surface area contributed by atoms with Crippen molar-refractivity contribution >= 4 is 11.7 Å². The molecule has 6 heteroatoms. The first-order valence-electron chi connectivity index (χ1n) is 6.47. The van der Waals surface area contributed by atoms with E-state index >= 15 is 0 Å². The number of nitrogens with zero attached hydrogens (tertiary/aromatic N) is 4. The molecule has 0 aliphatic carbocycles. The van der Waals surface area contributed by atoms with E-state index in [2.05, 4.69) is 15.1 Å². The van der Waals surface area contributed by atoms with Crippen LogP contribution in [-0.2, 0) is 0 Å². The third kappa shape index (κ3) is 3.01. The predicted molar refractivity (Wildman–Crippen MR) is 72.1 cm³/mol. The van der Waals surface area contributed by atoms with E-state index in [4.69, 9.17) is 0 Å².